The van der Waals surface area contributed by atoms with Gasteiger partial charge in [0.15, 0.2) is 0 Å². The average molecular weight is 236 g/mol. The van der Waals surface area contributed by atoms with Crippen molar-refractivity contribution >= 4 is 0 Å². The summed E-state index contributed by atoms with van der Waals surface area (Å²) in [7, 11) is 0. The zero-order chi connectivity index (χ0) is 11.9. The summed E-state index contributed by atoms with van der Waals surface area (Å²) in [5.41, 5.74) is 0. The molecule has 1 unspecified atom stereocenters. The third-order valence-electron chi connectivity index (χ3n) is 3.66. The van der Waals surface area contributed by atoms with Gasteiger partial charge in [0.1, 0.15) is 5.76 Å². The molecule has 0 radical (unpaired) electrons. The van der Waals surface area contributed by atoms with E-state index in [0.717, 1.165) is 31.3 Å². The lowest BCUT2D eigenvalue weighted by molar-refractivity contribution is 0.172. The van der Waals surface area contributed by atoms with E-state index in [-0.39, 0.29) is 0 Å². The minimum absolute atomic E-state index is 0.845. The highest BCUT2D eigenvalue weighted by Gasteiger charge is 2.17. The Morgan fingerprint density at radius 1 is 1.53 bits per heavy atom. The summed E-state index contributed by atoms with van der Waals surface area (Å²) in [5.74, 6) is 1.95. The number of furan rings is 1. The normalized spacial score (nSPS) is 21.8. The van der Waals surface area contributed by atoms with Gasteiger partial charge in [0.2, 0.25) is 0 Å². The second kappa shape index (κ2) is 6.82. The van der Waals surface area contributed by atoms with E-state index >= 15 is 0 Å². The molecule has 1 N–H and O–H groups in total. The van der Waals surface area contributed by atoms with E-state index in [0.29, 0.717) is 0 Å². The van der Waals surface area contributed by atoms with Gasteiger partial charge in [-0.2, -0.15) is 0 Å². The van der Waals surface area contributed by atoms with Gasteiger partial charge < -0.3 is 14.6 Å². The molecule has 0 aromatic carbocycles. The molecule has 0 saturated carbocycles. The highest BCUT2D eigenvalue weighted by Crippen LogP contribution is 2.18. The fourth-order valence-corrected chi connectivity index (χ4v) is 2.55. The first-order valence-corrected chi connectivity index (χ1v) is 6.84. The first-order chi connectivity index (χ1) is 8.38. The Morgan fingerprint density at radius 3 is 3.24 bits per heavy atom. The minimum atomic E-state index is 0.845. The molecule has 3 heteroatoms. The van der Waals surface area contributed by atoms with Gasteiger partial charge in [0, 0.05) is 19.6 Å². The van der Waals surface area contributed by atoms with Gasteiger partial charge in [-0.05, 0) is 37.4 Å². The molecule has 1 aromatic rings. The lowest BCUT2D eigenvalue weighted by atomic mass is 9.96. The molecule has 17 heavy (non-hydrogen) atoms. The molecule has 1 aromatic heterocycles. The molecule has 2 heterocycles. The van der Waals surface area contributed by atoms with Gasteiger partial charge in [-0.25, -0.2) is 0 Å². The van der Waals surface area contributed by atoms with Crippen LogP contribution in [0.3, 0.4) is 0 Å². The summed E-state index contributed by atoms with van der Waals surface area (Å²) in [6.45, 7) is 7.94. The van der Waals surface area contributed by atoms with Crippen LogP contribution in [0.15, 0.2) is 22.8 Å². The number of hydrogen-bond donors (Lipinski definition) is 1. The second-order valence-corrected chi connectivity index (χ2v) is 4.97. The van der Waals surface area contributed by atoms with Crippen LogP contribution in [0.1, 0.15) is 31.9 Å². The number of nitrogens with one attached hydrogen (secondary N) is 1. The first kappa shape index (κ1) is 12.7. The smallest absolute Gasteiger partial charge is 0.117 e. The van der Waals surface area contributed by atoms with Crippen molar-refractivity contribution in [1.82, 2.24) is 10.2 Å². The van der Waals surface area contributed by atoms with Crippen LogP contribution in [0.25, 0.3) is 0 Å². The number of piperidine rings is 1. The van der Waals surface area contributed by atoms with E-state index < -0.39 is 0 Å². The zero-order valence-electron chi connectivity index (χ0n) is 10.8. The van der Waals surface area contributed by atoms with Crippen LogP contribution >= 0.6 is 0 Å². The molecule has 0 spiro atoms. The summed E-state index contributed by atoms with van der Waals surface area (Å²) in [5, 5.41) is 3.43. The molecule has 1 saturated heterocycles. The summed E-state index contributed by atoms with van der Waals surface area (Å²) < 4.78 is 5.28. The molecule has 1 aliphatic heterocycles. The SMILES string of the molecule is CCC1CCCN(CCNCc2ccco2)C1. The van der Waals surface area contributed by atoms with Crippen LogP contribution < -0.4 is 5.32 Å². The molecule has 0 aliphatic carbocycles. The number of rotatable bonds is 6. The first-order valence-electron chi connectivity index (χ1n) is 6.84. The highest BCUT2D eigenvalue weighted by molar-refractivity contribution is 4.97. The van der Waals surface area contributed by atoms with Gasteiger partial charge >= 0.3 is 0 Å². The highest BCUT2D eigenvalue weighted by atomic mass is 16.3. The topological polar surface area (TPSA) is 28.4 Å². The quantitative estimate of drug-likeness (QED) is 0.769. The third kappa shape index (κ3) is 4.17. The van der Waals surface area contributed by atoms with Crippen LogP contribution in [-0.2, 0) is 6.54 Å². The van der Waals surface area contributed by atoms with Crippen molar-refractivity contribution in [2.45, 2.75) is 32.7 Å². The van der Waals surface area contributed by atoms with Crippen LogP contribution in [0, 0.1) is 5.92 Å². The monoisotopic (exact) mass is 236 g/mol. The molecule has 1 fully saturated rings. The summed E-state index contributed by atoms with van der Waals surface area (Å²) in [6, 6.07) is 3.95. The molecule has 1 aliphatic rings. The lowest BCUT2D eigenvalue weighted by Gasteiger charge is -2.32. The van der Waals surface area contributed by atoms with E-state index in [1.807, 2.05) is 12.1 Å². The van der Waals surface area contributed by atoms with Crippen molar-refractivity contribution in [3.8, 4) is 0 Å². The summed E-state index contributed by atoms with van der Waals surface area (Å²) >= 11 is 0. The van der Waals surface area contributed by atoms with Gasteiger partial charge in [-0.15, -0.1) is 0 Å². The third-order valence-corrected chi connectivity index (χ3v) is 3.66. The van der Waals surface area contributed by atoms with E-state index in [1.54, 1.807) is 6.26 Å². The molecule has 96 valence electrons. The Labute approximate surface area is 104 Å². The molecular weight excluding hydrogens is 212 g/mol. The van der Waals surface area contributed by atoms with Crippen LogP contribution in [-0.4, -0.2) is 31.1 Å². The molecule has 3 nitrogen and oxygen atoms in total. The van der Waals surface area contributed by atoms with Crippen LogP contribution in [0.2, 0.25) is 0 Å². The van der Waals surface area contributed by atoms with Gasteiger partial charge in [0.25, 0.3) is 0 Å². The maximum Gasteiger partial charge on any atom is 0.117 e. The standard InChI is InChI=1S/C14H24N2O/c1-2-13-5-3-8-16(12-13)9-7-15-11-14-6-4-10-17-14/h4,6,10,13,15H,2-3,5,7-9,11-12H2,1H3. The molecule has 0 amide bonds. The van der Waals surface area contributed by atoms with Crippen molar-refractivity contribution in [1.29, 1.82) is 0 Å². The van der Waals surface area contributed by atoms with Gasteiger partial charge in [-0.1, -0.05) is 13.3 Å². The Bertz CT molecular complexity index is 297. The molecule has 1 atom stereocenters. The molecule has 2 rings (SSSR count). The number of hydrogen-bond acceptors (Lipinski definition) is 3. The second-order valence-electron chi connectivity index (χ2n) is 4.97. The number of likely N-dealkylation sites (tertiary alicyclic amines) is 1. The zero-order valence-corrected chi connectivity index (χ0v) is 10.8. The molecular formula is C14H24N2O. The summed E-state index contributed by atoms with van der Waals surface area (Å²) in [4.78, 5) is 2.59. The van der Waals surface area contributed by atoms with Crippen LogP contribution in [0.4, 0.5) is 0 Å². The number of nitrogens with zero attached hydrogens (tertiary/aromatic N) is 1. The average Bonchev–Trinajstić information content (AvgIpc) is 2.88. The maximum absolute atomic E-state index is 5.28. The lowest BCUT2D eigenvalue weighted by Crippen LogP contribution is -2.39. The van der Waals surface area contributed by atoms with E-state index in [2.05, 4.69) is 17.1 Å². The molecule has 0 bridgehead atoms. The van der Waals surface area contributed by atoms with Crippen molar-refractivity contribution < 1.29 is 4.42 Å². The van der Waals surface area contributed by atoms with Gasteiger partial charge in [-0.3, -0.25) is 0 Å². The fourth-order valence-electron chi connectivity index (χ4n) is 2.55. The Balaban J connectivity index is 1.58. The van der Waals surface area contributed by atoms with E-state index in [4.69, 9.17) is 4.42 Å². The fraction of sp³-hybridized carbons (Fsp3) is 0.714. The van der Waals surface area contributed by atoms with Crippen molar-refractivity contribution in [2.24, 2.45) is 5.92 Å². The predicted molar refractivity (Wildman–Crippen MR) is 69.9 cm³/mol. The van der Waals surface area contributed by atoms with Crippen molar-refractivity contribution in [2.75, 3.05) is 26.2 Å². The van der Waals surface area contributed by atoms with Gasteiger partial charge in [0.05, 0.1) is 12.8 Å². The van der Waals surface area contributed by atoms with E-state index in [9.17, 15) is 0 Å². The minimum Gasteiger partial charge on any atom is -0.468 e. The van der Waals surface area contributed by atoms with E-state index in [1.165, 1.54) is 32.4 Å². The Kier molecular flexibility index (Phi) is 5.08. The largest absolute Gasteiger partial charge is 0.468 e. The summed E-state index contributed by atoms with van der Waals surface area (Å²) in [6.07, 6.45) is 5.85. The Morgan fingerprint density at radius 2 is 2.47 bits per heavy atom. The Hall–Kier alpha value is -0.800. The van der Waals surface area contributed by atoms with Crippen molar-refractivity contribution in [3.05, 3.63) is 24.2 Å². The van der Waals surface area contributed by atoms with Crippen molar-refractivity contribution in [3.63, 3.8) is 0 Å². The maximum atomic E-state index is 5.28. The van der Waals surface area contributed by atoms with Crippen LogP contribution in [0.5, 0.6) is 0 Å². The predicted octanol–water partition coefficient (Wildman–Crippen LogP) is 2.49.